The van der Waals surface area contributed by atoms with Crippen LogP contribution in [0.25, 0.3) is 0 Å². The van der Waals surface area contributed by atoms with Crippen LogP contribution in [-0.4, -0.2) is 18.4 Å². The monoisotopic (exact) mass is 379 g/mol. The number of benzene rings is 2. The second-order valence-corrected chi connectivity index (χ2v) is 6.19. The summed E-state index contributed by atoms with van der Waals surface area (Å²) in [6.45, 7) is 3.65. The first-order chi connectivity index (χ1) is 12.6. The van der Waals surface area contributed by atoms with Gasteiger partial charge in [-0.15, -0.1) is 0 Å². The van der Waals surface area contributed by atoms with E-state index in [1.165, 1.54) is 12.1 Å². The van der Waals surface area contributed by atoms with Crippen molar-refractivity contribution in [1.82, 2.24) is 0 Å². The van der Waals surface area contributed by atoms with Gasteiger partial charge in [0.25, 0.3) is 5.91 Å². The highest BCUT2D eigenvalue weighted by atomic mass is 19.4. The van der Waals surface area contributed by atoms with E-state index in [-0.39, 0.29) is 23.9 Å². The fraction of sp³-hybridized carbons (Fsp3) is 0.263. The van der Waals surface area contributed by atoms with Gasteiger partial charge in [0.2, 0.25) is 5.91 Å². The van der Waals surface area contributed by atoms with E-state index in [2.05, 4.69) is 10.6 Å². The third kappa shape index (κ3) is 5.30. The molecule has 1 atom stereocenters. The highest BCUT2D eigenvalue weighted by Gasteiger charge is 2.30. The molecule has 0 aromatic heterocycles. The van der Waals surface area contributed by atoms with Crippen LogP contribution in [0.1, 0.15) is 28.4 Å². The van der Waals surface area contributed by atoms with Gasteiger partial charge in [-0.3, -0.25) is 9.59 Å². The van der Waals surface area contributed by atoms with Gasteiger partial charge in [-0.2, -0.15) is 13.2 Å². The summed E-state index contributed by atoms with van der Waals surface area (Å²) in [7, 11) is 0. The number of nitrogens with two attached hydrogens (primary N) is 1. The lowest BCUT2D eigenvalue weighted by atomic mass is 10.1. The Morgan fingerprint density at radius 1 is 1.11 bits per heavy atom. The molecule has 0 aliphatic rings. The maximum Gasteiger partial charge on any atom is 0.416 e. The van der Waals surface area contributed by atoms with E-state index in [0.29, 0.717) is 11.4 Å². The van der Waals surface area contributed by atoms with Gasteiger partial charge in [0.1, 0.15) is 0 Å². The predicted octanol–water partition coefficient (Wildman–Crippen LogP) is 3.80. The number of alkyl halides is 3. The first-order valence-corrected chi connectivity index (χ1v) is 8.22. The van der Waals surface area contributed by atoms with Crippen LogP contribution in [0, 0.1) is 12.8 Å². The van der Waals surface area contributed by atoms with Gasteiger partial charge in [-0.1, -0.05) is 19.1 Å². The molecule has 144 valence electrons. The van der Waals surface area contributed by atoms with Gasteiger partial charge in [0, 0.05) is 29.4 Å². The summed E-state index contributed by atoms with van der Waals surface area (Å²) in [4.78, 5) is 24.3. The number of anilines is 2. The molecule has 0 fully saturated rings. The average molecular weight is 379 g/mol. The lowest BCUT2D eigenvalue weighted by Crippen LogP contribution is -2.27. The van der Waals surface area contributed by atoms with Crippen LogP contribution in [0.15, 0.2) is 42.5 Å². The number of rotatable bonds is 5. The molecule has 2 rings (SSSR count). The van der Waals surface area contributed by atoms with Crippen molar-refractivity contribution in [2.45, 2.75) is 20.0 Å². The maximum atomic E-state index is 12.8. The molecule has 5 nitrogen and oxygen atoms in total. The average Bonchev–Trinajstić information content (AvgIpc) is 2.63. The number of halogens is 3. The van der Waals surface area contributed by atoms with Crippen LogP contribution in [-0.2, 0) is 11.0 Å². The Kier molecular flexibility index (Phi) is 6.22. The fourth-order valence-corrected chi connectivity index (χ4v) is 2.24. The van der Waals surface area contributed by atoms with Crippen LogP contribution >= 0.6 is 0 Å². The Balaban J connectivity index is 2.19. The van der Waals surface area contributed by atoms with Crippen molar-refractivity contribution in [3.05, 3.63) is 59.2 Å². The van der Waals surface area contributed by atoms with Crippen LogP contribution < -0.4 is 16.4 Å². The zero-order chi connectivity index (χ0) is 20.2. The van der Waals surface area contributed by atoms with Gasteiger partial charge in [-0.05, 0) is 42.8 Å². The molecule has 0 radical (unpaired) electrons. The predicted molar refractivity (Wildman–Crippen MR) is 97.4 cm³/mol. The highest BCUT2D eigenvalue weighted by molar-refractivity contribution is 6.05. The van der Waals surface area contributed by atoms with Gasteiger partial charge in [0.05, 0.1) is 5.56 Å². The summed E-state index contributed by atoms with van der Waals surface area (Å²) >= 11 is 0. The summed E-state index contributed by atoms with van der Waals surface area (Å²) < 4.78 is 38.4. The first kappa shape index (κ1) is 20.4. The number of hydrogen-bond donors (Lipinski definition) is 3. The van der Waals surface area contributed by atoms with E-state index >= 15 is 0 Å². The number of hydrogen-bond acceptors (Lipinski definition) is 3. The number of nitrogens with one attached hydrogen (secondary N) is 2. The van der Waals surface area contributed by atoms with Crippen molar-refractivity contribution in [2.24, 2.45) is 11.7 Å². The van der Waals surface area contributed by atoms with E-state index in [0.717, 1.165) is 17.7 Å². The normalized spacial score (nSPS) is 12.4. The molecule has 4 N–H and O–H groups in total. The maximum absolute atomic E-state index is 12.8. The zero-order valence-corrected chi connectivity index (χ0v) is 14.9. The lowest BCUT2D eigenvalue weighted by Gasteiger charge is -2.14. The summed E-state index contributed by atoms with van der Waals surface area (Å²) in [5.41, 5.74) is 6.05. The smallest absolute Gasteiger partial charge is 0.330 e. The summed E-state index contributed by atoms with van der Waals surface area (Å²) in [5, 5.41) is 5.26. The second kappa shape index (κ2) is 8.22. The number of aryl methyl sites for hydroxylation is 1. The number of carbonyl (C=O) groups is 2. The van der Waals surface area contributed by atoms with Gasteiger partial charge in [-0.25, -0.2) is 0 Å². The van der Waals surface area contributed by atoms with Crippen LogP contribution in [0.3, 0.4) is 0 Å². The molecule has 8 heteroatoms. The molecule has 0 bridgehead atoms. The minimum absolute atomic E-state index is 0.118. The van der Waals surface area contributed by atoms with Crippen molar-refractivity contribution in [3.63, 3.8) is 0 Å². The summed E-state index contributed by atoms with van der Waals surface area (Å²) in [6, 6.07) is 8.98. The summed E-state index contributed by atoms with van der Waals surface area (Å²) in [6.07, 6.45) is -4.53. The number of carbonyl (C=O) groups excluding carboxylic acids is 2. The van der Waals surface area contributed by atoms with Crippen LogP contribution in [0.5, 0.6) is 0 Å². The fourth-order valence-electron chi connectivity index (χ4n) is 2.24. The van der Waals surface area contributed by atoms with E-state index in [4.69, 9.17) is 5.73 Å². The van der Waals surface area contributed by atoms with Crippen LogP contribution in [0.2, 0.25) is 0 Å². The molecule has 2 aromatic carbocycles. The van der Waals surface area contributed by atoms with Gasteiger partial charge >= 0.3 is 6.18 Å². The lowest BCUT2D eigenvalue weighted by molar-refractivity contribution is -0.137. The molecule has 0 saturated carbocycles. The zero-order valence-electron chi connectivity index (χ0n) is 14.9. The third-order valence-corrected chi connectivity index (χ3v) is 4.01. The second-order valence-electron chi connectivity index (χ2n) is 6.19. The van der Waals surface area contributed by atoms with Crippen molar-refractivity contribution >= 4 is 23.2 Å². The van der Waals surface area contributed by atoms with E-state index in [9.17, 15) is 22.8 Å². The molecule has 2 aromatic rings. The number of amides is 2. The molecule has 0 saturated heterocycles. The largest absolute Gasteiger partial charge is 0.416 e. The first-order valence-electron chi connectivity index (χ1n) is 8.22. The standard InChI is InChI=1S/C19H20F3N3O2/c1-11-6-7-15(9-16(11)25-17(26)12(2)10-23)24-18(27)13-4-3-5-14(8-13)19(20,21)22/h3-9,12H,10,23H2,1-2H3,(H,24,27)(H,25,26). The quantitative estimate of drug-likeness (QED) is 0.739. The Labute approximate surface area is 154 Å². The Morgan fingerprint density at radius 3 is 2.44 bits per heavy atom. The topological polar surface area (TPSA) is 84.2 Å². The van der Waals surface area contributed by atoms with Crippen LogP contribution in [0.4, 0.5) is 24.5 Å². The van der Waals surface area contributed by atoms with E-state index in [1.807, 2.05) is 0 Å². The minimum Gasteiger partial charge on any atom is -0.330 e. The van der Waals surface area contributed by atoms with Crippen molar-refractivity contribution in [3.8, 4) is 0 Å². The van der Waals surface area contributed by atoms with Crippen molar-refractivity contribution < 1.29 is 22.8 Å². The molecule has 2 amide bonds. The Bertz CT molecular complexity index is 850. The summed E-state index contributed by atoms with van der Waals surface area (Å²) in [5.74, 6) is -1.33. The van der Waals surface area contributed by atoms with Crippen molar-refractivity contribution in [2.75, 3.05) is 17.2 Å². The molecule has 27 heavy (non-hydrogen) atoms. The molecule has 1 unspecified atom stereocenters. The van der Waals surface area contributed by atoms with E-state index in [1.54, 1.807) is 32.0 Å². The Hall–Kier alpha value is -2.87. The minimum atomic E-state index is -4.53. The SMILES string of the molecule is Cc1ccc(NC(=O)c2cccc(C(F)(F)F)c2)cc1NC(=O)C(C)CN. The molecular formula is C19H20F3N3O2. The molecule has 0 heterocycles. The van der Waals surface area contributed by atoms with Gasteiger partial charge in [0.15, 0.2) is 0 Å². The molecule has 0 aliphatic heterocycles. The third-order valence-electron chi connectivity index (χ3n) is 4.01. The van der Waals surface area contributed by atoms with Crippen molar-refractivity contribution in [1.29, 1.82) is 0 Å². The molecular weight excluding hydrogens is 359 g/mol. The molecule has 0 spiro atoms. The van der Waals surface area contributed by atoms with Gasteiger partial charge < -0.3 is 16.4 Å². The highest BCUT2D eigenvalue weighted by Crippen LogP contribution is 2.30. The Morgan fingerprint density at radius 2 is 1.81 bits per heavy atom. The van der Waals surface area contributed by atoms with E-state index < -0.39 is 17.6 Å². The molecule has 0 aliphatic carbocycles.